The van der Waals surface area contributed by atoms with E-state index in [9.17, 15) is 0 Å². The molecule has 108 valence electrons. The Kier molecular flexibility index (Phi) is 6.67. The summed E-state index contributed by atoms with van der Waals surface area (Å²) in [4.78, 5) is 0. The van der Waals surface area contributed by atoms with Crippen molar-refractivity contribution in [3.05, 3.63) is 23.3 Å². The van der Waals surface area contributed by atoms with Crippen molar-refractivity contribution in [3.8, 4) is 11.5 Å². The summed E-state index contributed by atoms with van der Waals surface area (Å²) in [6.07, 6.45) is -0.295. The van der Waals surface area contributed by atoms with Crippen molar-refractivity contribution in [2.45, 2.75) is 40.6 Å². The molecule has 0 saturated heterocycles. The number of benzene rings is 1. The second-order valence-corrected chi connectivity index (χ2v) is 4.18. The maximum atomic E-state index is 5.76. The summed E-state index contributed by atoms with van der Waals surface area (Å²) in [6, 6.07) is 3.90. The molecule has 0 fully saturated rings. The Morgan fingerprint density at radius 2 is 1.89 bits per heavy atom. The predicted octanol–water partition coefficient (Wildman–Crippen LogP) is 3.30. The van der Waals surface area contributed by atoms with E-state index in [-0.39, 0.29) is 6.29 Å². The van der Waals surface area contributed by atoms with Crippen LogP contribution in [0.25, 0.3) is 0 Å². The number of hydrogen-bond acceptors (Lipinski definition) is 4. The van der Waals surface area contributed by atoms with E-state index < -0.39 is 0 Å². The first kappa shape index (κ1) is 15.8. The molecule has 1 aromatic carbocycles. The fourth-order valence-electron chi connectivity index (χ4n) is 1.88. The summed E-state index contributed by atoms with van der Waals surface area (Å²) < 4.78 is 22.0. The number of ether oxygens (including phenoxy) is 4. The lowest BCUT2D eigenvalue weighted by atomic mass is 10.1. The molecule has 4 nitrogen and oxygen atoms in total. The van der Waals surface area contributed by atoms with Gasteiger partial charge in [0.05, 0.1) is 13.2 Å². The van der Waals surface area contributed by atoms with Gasteiger partial charge in [0.25, 0.3) is 0 Å². The molecule has 1 atom stereocenters. The van der Waals surface area contributed by atoms with E-state index in [1.807, 2.05) is 39.8 Å². The molecule has 0 aromatic heterocycles. The SMILES string of the molecule is CCOc1c(OC(C)OCC)ccc(COC)c1C. The van der Waals surface area contributed by atoms with Crippen LogP contribution in [-0.2, 0) is 16.1 Å². The Bertz CT molecular complexity index is 390. The molecule has 1 rings (SSSR count). The van der Waals surface area contributed by atoms with E-state index in [2.05, 4.69) is 0 Å². The molecule has 19 heavy (non-hydrogen) atoms. The normalized spacial score (nSPS) is 12.3. The summed E-state index contributed by atoms with van der Waals surface area (Å²) in [5, 5.41) is 0. The summed E-state index contributed by atoms with van der Waals surface area (Å²) >= 11 is 0. The van der Waals surface area contributed by atoms with Crippen LogP contribution < -0.4 is 9.47 Å². The maximum Gasteiger partial charge on any atom is 0.197 e. The molecule has 0 radical (unpaired) electrons. The van der Waals surface area contributed by atoms with Crippen molar-refractivity contribution in [1.29, 1.82) is 0 Å². The number of rotatable bonds is 8. The molecule has 0 amide bonds. The fourth-order valence-corrected chi connectivity index (χ4v) is 1.88. The van der Waals surface area contributed by atoms with Crippen LogP contribution in [-0.4, -0.2) is 26.6 Å². The van der Waals surface area contributed by atoms with Crippen molar-refractivity contribution >= 4 is 0 Å². The lowest BCUT2D eigenvalue weighted by Gasteiger charge is -2.20. The molecule has 0 heterocycles. The second-order valence-electron chi connectivity index (χ2n) is 4.18. The smallest absolute Gasteiger partial charge is 0.197 e. The van der Waals surface area contributed by atoms with Gasteiger partial charge in [-0.05, 0) is 39.3 Å². The highest BCUT2D eigenvalue weighted by Gasteiger charge is 2.14. The quantitative estimate of drug-likeness (QED) is 0.678. The Morgan fingerprint density at radius 1 is 1.16 bits per heavy atom. The Morgan fingerprint density at radius 3 is 2.47 bits per heavy atom. The molecule has 0 spiro atoms. The topological polar surface area (TPSA) is 36.9 Å². The van der Waals surface area contributed by atoms with Crippen LogP contribution in [0.4, 0.5) is 0 Å². The number of hydrogen-bond donors (Lipinski definition) is 0. The molecule has 0 aliphatic heterocycles. The second kappa shape index (κ2) is 8.02. The van der Waals surface area contributed by atoms with Crippen molar-refractivity contribution in [2.75, 3.05) is 20.3 Å². The van der Waals surface area contributed by atoms with Crippen molar-refractivity contribution in [1.82, 2.24) is 0 Å². The van der Waals surface area contributed by atoms with Crippen molar-refractivity contribution in [3.63, 3.8) is 0 Å². The average Bonchev–Trinajstić information content (AvgIpc) is 2.37. The minimum atomic E-state index is -0.295. The molecule has 0 N–H and O–H groups in total. The molecular weight excluding hydrogens is 244 g/mol. The third-order valence-electron chi connectivity index (χ3n) is 2.76. The van der Waals surface area contributed by atoms with Gasteiger partial charge >= 0.3 is 0 Å². The maximum absolute atomic E-state index is 5.76. The van der Waals surface area contributed by atoms with Crippen LogP contribution in [0.2, 0.25) is 0 Å². The molecule has 0 aliphatic carbocycles. The first-order valence-electron chi connectivity index (χ1n) is 6.66. The van der Waals surface area contributed by atoms with Crippen LogP contribution >= 0.6 is 0 Å². The van der Waals surface area contributed by atoms with E-state index in [1.165, 1.54) is 0 Å². The Labute approximate surface area is 115 Å². The third kappa shape index (κ3) is 4.40. The van der Waals surface area contributed by atoms with Crippen LogP contribution in [0.5, 0.6) is 11.5 Å². The van der Waals surface area contributed by atoms with E-state index in [0.717, 1.165) is 16.9 Å². The van der Waals surface area contributed by atoms with Gasteiger partial charge in [0.1, 0.15) is 0 Å². The molecule has 4 heteroatoms. The van der Waals surface area contributed by atoms with Crippen molar-refractivity contribution in [2.24, 2.45) is 0 Å². The van der Waals surface area contributed by atoms with Gasteiger partial charge in [0, 0.05) is 19.3 Å². The van der Waals surface area contributed by atoms with E-state index >= 15 is 0 Å². The molecule has 0 aliphatic rings. The van der Waals surface area contributed by atoms with Crippen molar-refractivity contribution < 1.29 is 18.9 Å². The molecule has 0 bridgehead atoms. The van der Waals surface area contributed by atoms with Gasteiger partial charge in [-0.15, -0.1) is 0 Å². The van der Waals surface area contributed by atoms with Crippen LogP contribution in [0, 0.1) is 6.92 Å². The van der Waals surface area contributed by atoms with Gasteiger partial charge in [-0.25, -0.2) is 0 Å². The predicted molar refractivity (Wildman–Crippen MR) is 74.8 cm³/mol. The minimum Gasteiger partial charge on any atom is -0.490 e. The first-order chi connectivity index (χ1) is 9.13. The van der Waals surface area contributed by atoms with Gasteiger partial charge in [-0.2, -0.15) is 0 Å². The molecule has 1 aromatic rings. The molecular formula is C15H24O4. The average molecular weight is 268 g/mol. The summed E-state index contributed by atoms with van der Waals surface area (Å²) in [7, 11) is 1.68. The fraction of sp³-hybridized carbons (Fsp3) is 0.600. The standard InChI is InChI=1S/C15H24O4/c1-6-17-12(4)19-14-9-8-13(10-16-5)11(3)15(14)18-7-2/h8-9,12H,6-7,10H2,1-5H3. The zero-order valence-electron chi connectivity index (χ0n) is 12.5. The van der Waals surface area contributed by atoms with Gasteiger partial charge in [-0.1, -0.05) is 6.07 Å². The summed E-state index contributed by atoms with van der Waals surface area (Å²) in [5.41, 5.74) is 2.15. The monoisotopic (exact) mass is 268 g/mol. The Balaban J connectivity index is 2.99. The first-order valence-corrected chi connectivity index (χ1v) is 6.66. The molecule has 1 unspecified atom stereocenters. The largest absolute Gasteiger partial charge is 0.490 e. The highest BCUT2D eigenvalue weighted by molar-refractivity contribution is 5.50. The van der Waals surface area contributed by atoms with Crippen LogP contribution in [0.3, 0.4) is 0 Å². The summed E-state index contributed by atoms with van der Waals surface area (Å²) in [6.45, 7) is 9.55. The summed E-state index contributed by atoms with van der Waals surface area (Å²) in [5.74, 6) is 1.48. The number of methoxy groups -OCH3 is 1. The zero-order chi connectivity index (χ0) is 14.3. The molecule has 0 saturated carbocycles. The zero-order valence-corrected chi connectivity index (χ0v) is 12.5. The lowest BCUT2D eigenvalue weighted by Crippen LogP contribution is -2.17. The van der Waals surface area contributed by atoms with Gasteiger partial charge in [0.15, 0.2) is 17.8 Å². The van der Waals surface area contributed by atoms with E-state index in [1.54, 1.807) is 7.11 Å². The minimum absolute atomic E-state index is 0.295. The van der Waals surface area contributed by atoms with Gasteiger partial charge in [-0.3, -0.25) is 0 Å². The van der Waals surface area contributed by atoms with Gasteiger partial charge in [0.2, 0.25) is 0 Å². The van der Waals surface area contributed by atoms with Gasteiger partial charge < -0.3 is 18.9 Å². The third-order valence-corrected chi connectivity index (χ3v) is 2.76. The lowest BCUT2D eigenvalue weighted by molar-refractivity contribution is -0.0625. The van der Waals surface area contributed by atoms with Crippen LogP contribution in [0.15, 0.2) is 12.1 Å². The van der Waals surface area contributed by atoms with E-state index in [0.29, 0.717) is 25.6 Å². The Hall–Kier alpha value is -1.26. The highest BCUT2D eigenvalue weighted by Crippen LogP contribution is 2.34. The van der Waals surface area contributed by atoms with Crippen LogP contribution in [0.1, 0.15) is 31.9 Å². The van der Waals surface area contributed by atoms with E-state index in [4.69, 9.17) is 18.9 Å². The highest BCUT2D eigenvalue weighted by atomic mass is 16.7.